The standard InChI is InChI=1S/C14H18FNO/c1-10(11-4-2-3-5-11)16-14(17)12-6-8-13(15)9-7-12/h6-11H,2-5H2,1H3,(H,16,17). The number of rotatable bonds is 3. The van der Waals surface area contributed by atoms with Gasteiger partial charge in [0.25, 0.3) is 5.91 Å². The number of hydrogen-bond acceptors (Lipinski definition) is 1. The van der Waals surface area contributed by atoms with Crippen LogP contribution in [0, 0.1) is 11.7 Å². The third-order valence-corrected chi connectivity index (χ3v) is 3.57. The molecule has 1 atom stereocenters. The lowest BCUT2D eigenvalue weighted by molar-refractivity contribution is 0.0927. The largest absolute Gasteiger partial charge is 0.349 e. The molecule has 0 saturated heterocycles. The highest BCUT2D eigenvalue weighted by Crippen LogP contribution is 2.27. The molecule has 1 aromatic rings. The summed E-state index contributed by atoms with van der Waals surface area (Å²) in [7, 11) is 0. The van der Waals surface area contributed by atoms with Gasteiger partial charge in [-0.1, -0.05) is 12.8 Å². The lowest BCUT2D eigenvalue weighted by Crippen LogP contribution is -2.37. The smallest absolute Gasteiger partial charge is 0.251 e. The minimum absolute atomic E-state index is 0.107. The summed E-state index contributed by atoms with van der Waals surface area (Å²) < 4.78 is 12.7. The van der Waals surface area contributed by atoms with Gasteiger partial charge < -0.3 is 5.32 Å². The zero-order chi connectivity index (χ0) is 12.3. The number of carbonyl (C=O) groups excluding carboxylic acids is 1. The predicted molar refractivity (Wildman–Crippen MR) is 65.3 cm³/mol. The van der Waals surface area contributed by atoms with E-state index in [0.717, 1.165) is 0 Å². The van der Waals surface area contributed by atoms with E-state index < -0.39 is 0 Å². The second-order valence-corrected chi connectivity index (χ2v) is 4.81. The topological polar surface area (TPSA) is 29.1 Å². The van der Waals surface area contributed by atoms with Crippen LogP contribution in [0.5, 0.6) is 0 Å². The van der Waals surface area contributed by atoms with Crippen molar-refractivity contribution in [2.24, 2.45) is 5.92 Å². The van der Waals surface area contributed by atoms with Crippen molar-refractivity contribution < 1.29 is 9.18 Å². The first-order valence-corrected chi connectivity index (χ1v) is 6.23. The summed E-state index contributed by atoms with van der Waals surface area (Å²) in [5.41, 5.74) is 0.524. The minimum Gasteiger partial charge on any atom is -0.349 e. The van der Waals surface area contributed by atoms with Crippen molar-refractivity contribution in [3.05, 3.63) is 35.6 Å². The van der Waals surface area contributed by atoms with Crippen LogP contribution in [0.2, 0.25) is 0 Å². The van der Waals surface area contributed by atoms with Gasteiger partial charge in [-0.15, -0.1) is 0 Å². The average Bonchev–Trinajstić information content (AvgIpc) is 2.83. The van der Waals surface area contributed by atoms with E-state index in [-0.39, 0.29) is 17.8 Å². The van der Waals surface area contributed by atoms with E-state index in [1.165, 1.54) is 49.9 Å². The summed E-state index contributed by atoms with van der Waals surface area (Å²) in [5, 5.41) is 3.00. The maximum absolute atomic E-state index is 12.7. The molecule has 1 fully saturated rings. The highest BCUT2D eigenvalue weighted by Gasteiger charge is 2.22. The molecule has 0 aromatic heterocycles. The van der Waals surface area contributed by atoms with Crippen molar-refractivity contribution in [1.29, 1.82) is 0 Å². The van der Waals surface area contributed by atoms with Gasteiger partial charge in [-0.05, 0) is 49.9 Å². The zero-order valence-electron chi connectivity index (χ0n) is 10.1. The van der Waals surface area contributed by atoms with Crippen molar-refractivity contribution in [2.45, 2.75) is 38.6 Å². The molecule has 3 heteroatoms. The molecule has 0 aliphatic heterocycles. The van der Waals surface area contributed by atoms with Crippen molar-refractivity contribution in [2.75, 3.05) is 0 Å². The number of carbonyl (C=O) groups is 1. The Morgan fingerprint density at radius 3 is 2.47 bits per heavy atom. The Hall–Kier alpha value is -1.38. The van der Waals surface area contributed by atoms with Crippen LogP contribution in [-0.4, -0.2) is 11.9 Å². The van der Waals surface area contributed by atoms with Crippen molar-refractivity contribution in [3.8, 4) is 0 Å². The molecule has 17 heavy (non-hydrogen) atoms. The molecule has 2 nitrogen and oxygen atoms in total. The number of hydrogen-bond donors (Lipinski definition) is 1. The normalized spacial score (nSPS) is 18.0. The molecule has 1 aliphatic rings. The van der Waals surface area contributed by atoms with E-state index in [0.29, 0.717) is 11.5 Å². The maximum atomic E-state index is 12.7. The average molecular weight is 235 g/mol. The summed E-state index contributed by atoms with van der Waals surface area (Å²) in [4.78, 5) is 11.9. The number of halogens is 1. The maximum Gasteiger partial charge on any atom is 0.251 e. The minimum atomic E-state index is -0.314. The van der Waals surface area contributed by atoms with Crippen LogP contribution in [0.25, 0.3) is 0 Å². The molecule has 1 aliphatic carbocycles. The van der Waals surface area contributed by atoms with Crippen LogP contribution in [-0.2, 0) is 0 Å². The summed E-state index contributed by atoms with van der Waals surface area (Å²) in [6, 6.07) is 5.87. The van der Waals surface area contributed by atoms with Crippen molar-refractivity contribution >= 4 is 5.91 Å². The Bertz CT molecular complexity index is 382. The van der Waals surface area contributed by atoms with Crippen molar-refractivity contribution in [3.63, 3.8) is 0 Å². The van der Waals surface area contributed by atoms with Crippen molar-refractivity contribution in [1.82, 2.24) is 5.32 Å². The Kier molecular flexibility index (Phi) is 3.77. The van der Waals surface area contributed by atoms with E-state index >= 15 is 0 Å². The van der Waals surface area contributed by atoms with Gasteiger partial charge in [0.2, 0.25) is 0 Å². The van der Waals surface area contributed by atoms with E-state index in [1.54, 1.807) is 0 Å². The lowest BCUT2D eigenvalue weighted by Gasteiger charge is -2.20. The molecular formula is C14H18FNO. The van der Waals surface area contributed by atoms with Gasteiger partial charge in [-0.3, -0.25) is 4.79 Å². The van der Waals surface area contributed by atoms with E-state index in [2.05, 4.69) is 12.2 Å². The first kappa shape index (κ1) is 12.1. The first-order chi connectivity index (χ1) is 8.16. The molecule has 1 unspecified atom stereocenters. The Balaban J connectivity index is 1.94. The fourth-order valence-electron chi connectivity index (χ4n) is 2.47. The second-order valence-electron chi connectivity index (χ2n) is 4.81. The highest BCUT2D eigenvalue weighted by atomic mass is 19.1. The monoisotopic (exact) mass is 235 g/mol. The highest BCUT2D eigenvalue weighted by molar-refractivity contribution is 5.94. The van der Waals surface area contributed by atoms with Gasteiger partial charge in [0.1, 0.15) is 5.82 Å². The number of benzene rings is 1. The summed E-state index contributed by atoms with van der Waals surface area (Å²) in [6.07, 6.45) is 4.93. The van der Waals surface area contributed by atoms with Gasteiger partial charge in [-0.25, -0.2) is 4.39 Å². The molecule has 0 bridgehead atoms. The SMILES string of the molecule is CC(NC(=O)c1ccc(F)cc1)C1CCCC1. The first-order valence-electron chi connectivity index (χ1n) is 6.23. The van der Waals surface area contributed by atoms with Gasteiger partial charge in [0.05, 0.1) is 0 Å². The Labute approximate surface area is 101 Å². The van der Waals surface area contributed by atoms with Gasteiger partial charge in [0.15, 0.2) is 0 Å². The fraction of sp³-hybridized carbons (Fsp3) is 0.500. The molecule has 1 aromatic carbocycles. The third-order valence-electron chi connectivity index (χ3n) is 3.57. The third kappa shape index (κ3) is 3.05. The van der Waals surface area contributed by atoms with Crippen LogP contribution in [0.4, 0.5) is 4.39 Å². The predicted octanol–water partition coefficient (Wildman–Crippen LogP) is 3.13. The second kappa shape index (κ2) is 5.30. The van der Waals surface area contributed by atoms with Crippen LogP contribution >= 0.6 is 0 Å². The molecule has 0 heterocycles. The van der Waals surface area contributed by atoms with Crippen LogP contribution in [0.15, 0.2) is 24.3 Å². The molecule has 1 amide bonds. The van der Waals surface area contributed by atoms with Crippen LogP contribution in [0.3, 0.4) is 0 Å². The van der Waals surface area contributed by atoms with Crippen LogP contribution in [0.1, 0.15) is 43.0 Å². The van der Waals surface area contributed by atoms with Gasteiger partial charge in [-0.2, -0.15) is 0 Å². The summed E-state index contributed by atoms with van der Waals surface area (Å²) in [5.74, 6) is 0.175. The Morgan fingerprint density at radius 1 is 1.29 bits per heavy atom. The molecule has 92 valence electrons. The summed E-state index contributed by atoms with van der Waals surface area (Å²) >= 11 is 0. The zero-order valence-corrected chi connectivity index (χ0v) is 10.1. The number of nitrogens with one attached hydrogen (secondary N) is 1. The molecule has 1 saturated carbocycles. The van der Waals surface area contributed by atoms with E-state index in [9.17, 15) is 9.18 Å². The molecule has 0 spiro atoms. The van der Waals surface area contributed by atoms with Crippen LogP contribution < -0.4 is 5.32 Å². The van der Waals surface area contributed by atoms with Gasteiger partial charge >= 0.3 is 0 Å². The van der Waals surface area contributed by atoms with E-state index in [4.69, 9.17) is 0 Å². The molecule has 1 N–H and O–H groups in total. The molecule has 2 rings (SSSR count). The Morgan fingerprint density at radius 2 is 1.88 bits per heavy atom. The summed E-state index contributed by atoms with van der Waals surface area (Å²) in [6.45, 7) is 2.05. The van der Waals surface area contributed by atoms with Gasteiger partial charge in [0, 0.05) is 11.6 Å². The quantitative estimate of drug-likeness (QED) is 0.856. The molecular weight excluding hydrogens is 217 g/mol. The number of amides is 1. The fourth-order valence-corrected chi connectivity index (χ4v) is 2.47. The molecule has 0 radical (unpaired) electrons. The lowest BCUT2D eigenvalue weighted by atomic mass is 9.99. The van der Waals surface area contributed by atoms with E-state index in [1.807, 2.05) is 0 Å².